The van der Waals surface area contributed by atoms with Crippen molar-refractivity contribution in [1.82, 2.24) is 0 Å². The van der Waals surface area contributed by atoms with Gasteiger partial charge in [0.05, 0.1) is 51.2 Å². The molecule has 5 rings (SSSR count). The summed E-state index contributed by atoms with van der Waals surface area (Å²) in [5, 5.41) is 2.38. The van der Waals surface area contributed by atoms with Crippen LogP contribution in [-0.4, -0.2) is 51.8 Å². The number of rotatable bonds is 6. The van der Waals surface area contributed by atoms with Crippen molar-refractivity contribution in [2.75, 3.05) is 28.4 Å². The van der Waals surface area contributed by atoms with Gasteiger partial charge in [-0.2, -0.15) is 0 Å². The smallest absolute Gasteiger partial charge is 0.330 e. The molecule has 0 atom stereocenters. The Hall–Kier alpha value is -4.58. The van der Waals surface area contributed by atoms with Gasteiger partial charge in [-0.15, -0.1) is 0 Å². The van der Waals surface area contributed by atoms with Crippen LogP contribution >= 0.6 is 0 Å². The Kier molecular flexibility index (Phi) is 11.1. The molecule has 1 aliphatic carbocycles. The van der Waals surface area contributed by atoms with Crippen molar-refractivity contribution in [2.45, 2.75) is 0 Å². The predicted octanol–water partition coefficient (Wildman–Crippen LogP) is 6.00. The molecule has 0 fully saturated rings. The third-order valence-electron chi connectivity index (χ3n) is 6.02. The van der Waals surface area contributed by atoms with Crippen LogP contribution < -0.4 is 9.47 Å². The first-order chi connectivity index (χ1) is 19.5. The van der Waals surface area contributed by atoms with Crippen molar-refractivity contribution >= 4 is 45.5 Å². The summed E-state index contributed by atoms with van der Waals surface area (Å²) in [5.74, 6) is 0.460. The largest absolute Gasteiger partial charge is 0.497 e. The molecule has 1 aliphatic rings. The van der Waals surface area contributed by atoms with Gasteiger partial charge in [0.1, 0.15) is 11.5 Å². The van der Waals surface area contributed by atoms with Gasteiger partial charge in [0.25, 0.3) is 0 Å². The maximum Gasteiger partial charge on any atom is 0.330 e. The minimum absolute atomic E-state index is 0. The van der Waals surface area contributed by atoms with Crippen LogP contribution in [0.5, 0.6) is 11.5 Å². The predicted molar refractivity (Wildman–Crippen MR) is 156 cm³/mol. The molecule has 0 bridgehead atoms. The molecule has 0 N–H and O–H groups in total. The van der Waals surface area contributed by atoms with E-state index in [1.165, 1.54) is 25.0 Å². The van der Waals surface area contributed by atoms with E-state index in [9.17, 15) is 9.59 Å². The Bertz CT molecular complexity index is 1490. The van der Waals surface area contributed by atoms with Crippen molar-refractivity contribution < 1.29 is 49.0 Å². The fourth-order valence-corrected chi connectivity index (χ4v) is 4.06. The summed E-state index contributed by atoms with van der Waals surface area (Å²) in [5.41, 5.74) is 5.68. The van der Waals surface area contributed by atoms with Gasteiger partial charge in [0.15, 0.2) is 0 Å². The summed E-state index contributed by atoms with van der Waals surface area (Å²) >= 11 is 0. The van der Waals surface area contributed by atoms with Crippen LogP contribution in [0.4, 0.5) is 11.4 Å². The SMILES string of the molecule is COC(=O)/C=C/C(=O)OC.COc1ccc(N=C2C(=Nc3ccc(OC)cc3)c3cccc4cccc2c34)cc1.[Pd]. The van der Waals surface area contributed by atoms with Crippen molar-refractivity contribution in [1.29, 1.82) is 0 Å². The molecule has 0 heterocycles. The fourth-order valence-electron chi connectivity index (χ4n) is 4.06. The summed E-state index contributed by atoms with van der Waals surface area (Å²) in [6, 6.07) is 28.1. The number of hydrogen-bond acceptors (Lipinski definition) is 8. The van der Waals surface area contributed by atoms with E-state index in [-0.39, 0.29) is 20.4 Å². The molecule has 0 saturated carbocycles. The van der Waals surface area contributed by atoms with Gasteiger partial charge < -0.3 is 18.9 Å². The van der Waals surface area contributed by atoms with Crippen LogP contribution in [-0.2, 0) is 39.5 Å². The van der Waals surface area contributed by atoms with E-state index in [0.29, 0.717) is 0 Å². The molecule has 0 unspecified atom stereocenters. The monoisotopic (exact) mass is 642 g/mol. The average Bonchev–Trinajstić information content (AvgIpc) is 3.30. The zero-order valence-electron chi connectivity index (χ0n) is 22.9. The van der Waals surface area contributed by atoms with E-state index >= 15 is 0 Å². The maximum absolute atomic E-state index is 10.3. The van der Waals surface area contributed by atoms with Crippen LogP contribution in [0.15, 0.2) is 107 Å². The number of ether oxygens (including phenoxy) is 4. The molecular weight excluding hydrogens is 615 g/mol. The summed E-state index contributed by atoms with van der Waals surface area (Å²) in [7, 11) is 5.78. The van der Waals surface area contributed by atoms with Crippen LogP contribution in [0.25, 0.3) is 10.8 Å². The maximum atomic E-state index is 10.3. The average molecular weight is 643 g/mol. The van der Waals surface area contributed by atoms with Crippen molar-refractivity contribution in [2.24, 2.45) is 9.98 Å². The summed E-state index contributed by atoms with van der Waals surface area (Å²) in [4.78, 5) is 30.6. The number of benzene rings is 4. The second-order valence-electron chi connectivity index (χ2n) is 8.41. The molecule has 212 valence electrons. The molecule has 0 aromatic heterocycles. The van der Waals surface area contributed by atoms with Crippen LogP contribution in [0, 0.1) is 0 Å². The third-order valence-corrected chi connectivity index (χ3v) is 6.02. The number of carbonyl (C=O) groups excluding carboxylic acids is 2. The Morgan fingerprint density at radius 3 is 1.32 bits per heavy atom. The van der Waals surface area contributed by atoms with Gasteiger partial charge in [-0.1, -0.05) is 36.4 Å². The van der Waals surface area contributed by atoms with Crippen LogP contribution in [0.1, 0.15) is 11.1 Å². The molecule has 41 heavy (non-hydrogen) atoms. The van der Waals surface area contributed by atoms with Gasteiger partial charge in [0.2, 0.25) is 0 Å². The molecular formula is C32H28N2O6Pd. The normalized spacial score (nSPS) is 13.4. The number of hydrogen-bond donors (Lipinski definition) is 0. The second-order valence-corrected chi connectivity index (χ2v) is 8.41. The summed E-state index contributed by atoms with van der Waals surface area (Å²) in [6.45, 7) is 0. The zero-order valence-corrected chi connectivity index (χ0v) is 24.5. The first-order valence-corrected chi connectivity index (χ1v) is 12.3. The van der Waals surface area contributed by atoms with E-state index in [0.717, 1.165) is 57.6 Å². The number of esters is 2. The molecule has 0 aliphatic heterocycles. The van der Waals surface area contributed by atoms with Crippen LogP contribution in [0.3, 0.4) is 0 Å². The first-order valence-electron chi connectivity index (χ1n) is 12.3. The minimum Gasteiger partial charge on any atom is -0.497 e. The number of carbonyl (C=O) groups is 2. The van der Waals surface area contributed by atoms with Crippen molar-refractivity contribution in [3.05, 3.63) is 108 Å². The third kappa shape index (κ3) is 7.54. The topological polar surface area (TPSA) is 95.8 Å². The fraction of sp³-hybridized carbons (Fsp3) is 0.125. The number of aliphatic imine (C=N–C) groups is 2. The van der Waals surface area contributed by atoms with E-state index in [4.69, 9.17) is 19.5 Å². The molecule has 0 radical (unpaired) electrons. The van der Waals surface area contributed by atoms with E-state index < -0.39 is 11.9 Å². The Labute approximate surface area is 252 Å². The van der Waals surface area contributed by atoms with Crippen molar-refractivity contribution in [3.8, 4) is 11.5 Å². The van der Waals surface area contributed by atoms with E-state index in [1.807, 2.05) is 48.5 Å². The second kappa shape index (κ2) is 14.7. The molecule has 0 amide bonds. The van der Waals surface area contributed by atoms with E-state index in [1.54, 1.807) is 14.2 Å². The van der Waals surface area contributed by atoms with Gasteiger partial charge in [-0.25, -0.2) is 19.6 Å². The van der Waals surface area contributed by atoms with Crippen LogP contribution in [0.2, 0.25) is 0 Å². The number of methoxy groups -OCH3 is 4. The molecule has 0 saturated heterocycles. The minimum atomic E-state index is -0.578. The Morgan fingerprint density at radius 2 is 0.976 bits per heavy atom. The molecule has 4 aromatic carbocycles. The zero-order chi connectivity index (χ0) is 28.5. The Balaban J connectivity index is 0.000000363. The van der Waals surface area contributed by atoms with Gasteiger partial charge in [0, 0.05) is 49.1 Å². The quantitative estimate of drug-likeness (QED) is 0.146. The number of nitrogens with zero attached hydrogens (tertiary/aromatic N) is 2. The van der Waals surface area contributed by atoms with E-state index in [2.05, 4.69) is 45.9 Å². The Morgan fingerprint density at radius 1 is 0.585 bits per heavy atom. The molecule has 4 aromatic rings. The summed E-state index contributed by atoms with van der Waals surface area (Å²) < 4.78 is 19.0. The van der Waals surface area contributed by atoms with Gasteiger partial charge in [-0.05, 0) is 53.9 Å². The first kappa shape index (κ1) is 31.0. The van der Waals surface area contributed by atoms with Gasteiger partial charge in [-0.3, -0.25) is 0 Å². The molecule has 9 heteroatoms. The van der Waals surface area contributed by atoms with Gasteiger partial charge >= 0.3 is 11.9 Å². The standard InChI is InChI=1S/C26H20N2O2.C6H8O4.Pd/c1-29-20-13-9-18(10-14-20)27-25-22-7-3-5-17-6-4-8-23(24(17)22)26(25)28-19-11-15-21(30-2)16-12-19;1-9-5(7)3-4-6(8)10-2;/h3-16H,1-2H3;3-4H,1-2H3;/b;4-3+;. The molecule has 0 spiro atoms. The summed E-state index contributed by atoms with van der Waals surface area (Å²) in [6.07, 6.45) is 1.98. The van der Waals surface area contributed by atoms with Crippen molar-refractivity contribution in [3.63, 3.8) is 0 Å². The molecule has 8 nitrogen and oxygen atoms in total.